The van der Waals surface area contributed by atoms with Gasteiger partial charge in [0.25, 0.3) is 0 Å². The van der Waals surface area contributed by atoms with Crippen LogP contribution in [0.25, 0.3) is 0 Å². The van der Waals surface area contributed by atoms with Gasteiger partial charge in [-0.05, 0) is 27.2 Å². The third-order valence-corrected chi connectivity index (χ3v) is 2.04. The van der Waals surface area contributed by atoms with Gasteiger partial charge in [-0.3, -0.25) is 0 Å². The van der Waals surface area contributed by atoms with Crippen LogP contribution in [0.2, 0.25) is 0 Å². The van der Waals surface area contributed by atoms with E-state index in [-0.39, 0.29) is 5.60 Å². The van der Waals surface area contributed by atoms with Crippen molar-refractivity contribution in [1.29, 1.82) is 0 Å². The summed E-state index contributed by atoms with van der Waals surface area (Å²) in [7, 11) is 1.75. The lowest BCUT2D eigenvalue weighted by Gasteiger charge is -2.25. The highest BCUT2D eigenvalue weighted by atomic mass is 16.5. The Kier molecular flexibility index (Phi) is 4.69. The van der Waals surface area contributed by atoms with Crippen LogP contribution in [-0.2, 0) is 4.74 Å². The van der Waals surface area contributed by atoms with E-state index in [0.29, 0.717) is 6.04 Å². The molecule has 1 N–H and O–H groups in total. The zero-order valence-corrected chi connectivity index (χ0v) is 8.40. The maximum Gasteiger partial charge on any atom is 0.0746 e. The van der Waals surface area contributed by atoms with Gasteiger partial charge in [0, 0.05) is 19.7 Å². The molecule has 0 heterocycles. The van der Waals surface area contributed by atoms with Gasteiger partial charge in [-0.2, -0.15) is 0 Å². The molecule has 1 atom stereocenters. The molecule has 0 spiro atoms. The van der Waals surface area contributed by atoms with E-state index in [0.717, 1.165) is 6.54 Å². The third kappa shape index (κ3) is 5.22. The van der Waals surface area contributed by atoms with Crippen LogP contribution in [0, 0.1) is 0 Å². The van der Waals surface area contributed by atoms with Crippen LogP contribution in [-0.4, -0.2) is 25.3 Å². The Labute approximate surface area is 70.3 Å². The zero-order valence-electron chi connectivity index (χ0n) is 8.40. The van der Waals surface area contributed by atoms with Crippen molar-refractivity contribution in [2.75, 3.05) is 13.7 Å². The molecular weight excluding hydrogens is 138 g/mol. The van der Waals surface area contributed by atoms with Gasteiger partial charge in [0.2, 0.25) is 0 Å². The van der Waals surface area contributed by atoms with E-state index in [1.54, 1.807) is 7.11 Å². The second kappa shape index (κ2) is 4.73. The molecule has 0 bridgehead atoms. The molecule has 0 aromatic heterocycles. The predicted octanol–water partition coefficient (Wildman–Crippen LogP) is 1.80. The lowest BCUT2D eigenvalue weighted by atomic mass is 10.1. The summed E-state index contributed by atoms with van der Waals surface area (Å²) < 4.78 is 5.27. The monoisotopic (exact) mass is 159 g/mol. The predicted molar refractivity (Wildman–Crippen MR) is 48.8 cm³/mol. The highest BCUT2D eigenvalue weighted by Gasteiger charge is 2.15. The SMILES string of the molecule is CCC(C)NCC(C)(C)OC. The standard InChI is InChI=1S/C9H21NO/c1-6-8(2)10-7-9(3,4)11-5/h8,10H,6-7H2,1-5H3. The van der Waals surface area contributed by atoms with E-state index < -0.39 is 0 Å². The lowest BCUT2D eigenvalue weighted by molar-refractivity contribution is 0.0214. The minimum atomic E-state index is -0.0383. The van der Waals surface area contributed by atoms with Crippen LogP contribution in [0.1, 0.15) is 34.1 Å². The lowest BCUT2D eigenvalue weighted by Crippen LogP contribution is -2.40. The molecule has 0 aliphatic carbocycles. The van der Waals surface area contributed by atoms with Gasteiger partial charge < -0.3 is 10.1 Å². The van der Waals surface area contributed by atoms with Crippen molar-refractivity contribution in [3.8, 4) is 0 Å². The highest BCUT2D eigenvalue weighted by Crippen LogP contribution is 2.05. The van der Waals surface area contributed by atoms with Gasteiger partial charge in [-0.1, -0.05) is 6.92 Å². The minimum absolute atomic E-state index is 0.0383. The molecule has 0 rings (SSSR count). The molecular formula is C9H21NO. The normalized spacial score (nSPS) is 15.0. The topological polar surface area (TPSA) is 21.3 Å². The molecule has 0 radical (unpaired) electrons. The van der Waals surface area contributed by atoms with Crippen molar-refractivity contribution < 1.29 is 4.74 Å². The minimum Gasteiger partial charge on any atom is -0.377 e. The van der Waals surface area contributed by atoms with E-state index in [1.165, 1.54) is 6.42 Å². The number of methoxy groups -OCH3 is 1. The van der Waals surface area contributed by atoms with Crippen LogP contribution in [0.15, 0.2) is 0 Å². The van der Waals surface area contributed by atoms with Crippen molar-refractivity contribution >= 4 is 0 Å². The summed E-state index contributed by atoms with van der Waals surface area (Å²) in [5, 5.41) is 3.40. The molecule has 11 heavy (non-hydrogen) atoms. The van der Waals surface area contributed by atoms with Crippen LogP contribution in [0.3, 0.4) is 0 Å². The summed E-state index contributed by atoms with van der Waals surface area (Å²) in [5.74, 6) is 0. The fourth-order valence-electron chi connectivity index (χ4n) is 0.637. The molecule has 2 heteroatoms. The van der Waals surface area contributed by atoms with Gasteiger partial charge in [-0.15, -0.1) is 0 Å². The van der Waals surface area contributed by atoms with Crippen LogP contribution >= 0.6 is 0 Å². The number of hydrogen-bond acceptors (Lipinski definition) is 2. The second-order valence-electron chi connectivity index (χ2n) is 3.65. The average molecular weight is 159 g/mol. The zero-order chi connectivity index (χ0) is 8.91. The van der Waals surface area contributed by atoms with E-state index in [1.807, 2.05) is 0 Å². The molecule has 0 fully saturated rings. The molecule has 0 aromatic carbocycles. The fourth-order valence-corrected chi connectivity index (χ4v) is 0.637. The Morgan fingerprint density at radius 1 is 1.45 bits per heavy atom. The quantitative estimate of drug-likeness (QED) is 0.660. The van der Waals surface area contributed by atoms with E-state index in [4.69, 9.17) is 4.74 Å². The number of nitrogens with one attached hydrogen (secondary N) is 1. The molecule has 0 aliphatic heterocycles. The van der Waals surface area contributed by atoms with Gasteiger partial charge in [0.05, 0.1) is 5.60 Å². The molecule has 1 unspecified atom stereocenters. The summed E-state index contributed by atoms with van der Waals surface area (Å²) in [6.45, 7) is 9.45. The van der Waals surface area contributed by atoms with Crippen molar-refractivity contribution in [2.24, 2.45) is 0 Å². The number of hydrogen-bond donors (Lipinski definition) is 1. The molecule has 2 nitrogen and oxygen atoms in total. The van der Waals surface area contributed by atoms with Crippen LogP contribution in [0.5, 0.6) is 0 Å². The summed E-state index contributed by atoms with van der Waals surface area (Å²) in [6, 6.07) is 0.587. The first kappa shape index (κ1) is 10.9. The van der Waals surface area contributed by atoms with Crippen molar-refractivity contribution in [2.45, 2.75) is 45.8 Å². The Hall–Kier alpha value is -0.0800. The van der Waals surface area contributed by atoms with Crippen LogP contribution < -0.4 is 5.32 Å². The summed E-state index contributed by atoms with van der Waals surface area (Å²) in [6.07, 6.45) is 1.17. The molecule has 0 amide bonds. The maximum absolute atomic E-state index is 5.27. The van der Waals surface area contributed by atoms with Crippen molar-refractivity contribution in [3.05, 3.63) is 0 Å². The largest absolute Gasteiger partial charge is 0.377 e. The number of rotatable bonds is 5. The second-order valence-corrected chi connectivity index (χ2v) is 3.65. The van der Waals surface area contributed by atoms with Crippen molar-refractivity contribution in [3.63, 3.8) is 0 Å². The Balaban J connectivity index is 3.52. The fraction of sp³-hybridized carbons (Fsp3) is 1.00. The first-order valence-corrected chi connectivity index (χ1v) is 4.30. The summed E-state index contributed by atoms with van der Waals surface area (Å²) in [4.78, 5) is 0. The van der Waals surface area contributed by atoms with E-state index in [9.17, 15) is 0 Å². The molecule has 0 aliphatic rings. The van der Waals surface area contributed by atoms with E-state index in [2.05, 4.69) is 33.0 Å². The molecule has 0 saturated heterocycles. The van der Waals surface area contributed by atoms with Crippen molar-refractivity contribution in [1.82, 2.24) is 5.32 Å². The third-order valence-electron chi connectivity index (χ3n) is 2.04. The van der Waals surface area contributed by atoms with Gasteiger partial charge >= 0.3 is 0 Å². The molecule has 0 saturated carbocycles. The summed E-state index contributed by atoms with van der Waals surface area (Å²) in [5.41, 5.74) is -0.0383. The number of ether oxygens (including phenoxy) is 1. The van der Waals surface area contributed by atoms with E-state index >= 15 is 0 Å². The molecule has 68 valence electrons. The van der Waals surface area contributed by atoms with Gasteiger partial charge in [0.15, 0.2) is 0 Å². The van der Waals surface area contributed by atoms with Crippen LogP contribution in [0.4, 0.5) is 0 Å². The first-order valence-electron chi connectivity index (χ1n) is 4.30. The Morgan fingerprint density at radius 3 is 2.36 bits per heavy atom. The smallest absolute Gasteiger partial charge is 0.0746 e. The first-order chi connectivity index (χ1) is 5.02. The maximum atomic E-state index is 5.27. The summed E-state index contributed by atoms with van der Waals surface area (Å²) >= 11 is 0. The average Bonchev–Trinajstić information content (AvgIpc) is 2.00. The molecule has 0 aromatic rings. The highest BCUT2D eigenvalue weighted by molar-refractivity contribution is 4.72. The van der Waals surface area contributed by atoms with Gasteiger partial charge in [0.1, 0.15) is 0 Å². The Bertz CT molecular complexity index is 102. The van der Waals surface area contributed by atoms with Gasteiger partial charge in [-0.25, -0.2) is 0 Å². The Morgan fingerprint density at radius 2 is 2.00 bits per heavy atom.